The number of anilines is 2. The highest BCUT2D eigenvalue weighted by Crippen LogP contribution is 2.30. The summed E-state index contributed by atoms with van der Waals surface area (Å²) in [6.45, 7) is 2.60. The maximum atomic E-state index is 9.57. The summed E-state index contributed by atoms with van der Waals surface area (Å²) in [6, 6.07) is 5.76. The minimum Gasteiger partial charge on any atom is -0.398 e. The van der Waals surface area contributed by atoms with Crippen molar-refractivity contribution in [2.45, 2.75) is 36.9 Å². The van der Waals surface area contributed by atoms with Gasteiger partial charge in [0.1, 0.15) is 0 Å². The molecule has 0 aliphatic rings. The molecule has 7 heteroatoms. The molecular weight excluding hydrogens is 316 g/mol. The standard InChI is InChI=1S/C16H28N2O4S/c1-2-23-16-9-12(3-4-15(16)17)18(7-5-13(21)10-19)8-6-14(22)11-20/h3-4,9,13-14,19-22H,2,5-8,10-11,17H2,1H3. The van der Waals surface area contributed by atoms with Crippen LogP contribution in [-0.4, -0.2) is 64.7 Å². The topological polar surface area (TPSA) is 110 Å². The van der Waals surface area contributed by atoms with Gasteiger partial charge in [-0.15, -0.1) is 11.8 Å². The van der Waals surface area contributed by atoms with Gasteiger partial charge in [0.05, 0.1) is 25.4 Å². The lowest BCUT2D eigenvalue weighted by Gasteiger charge is -2.27. The second-order valence-electron chi connectivity index (χ2n) is 5.39. The van der Waals surface area contributed by atoms with Gasteiger partial charge in [0.2, 0.25) is 0 Å². The van der Waals surface area contributed by atoms with Gasteiger partial charge in [-0.2, -0.15) is 0 Å². The van der Waals surface area contributed by atoms with E-state index in [1.165, 1.54) is 0 Å². The molecule has 0 saturated heterocycles. The van der Waals surface area contributed by atoms with E-state index in [9.17, 15) is 10.2 Å². The second-order valence-corrected chi connectivity index (χ2v) is 6.70. The number of nitrogens with two attached hydrogens (primary N) is 1. The average molecular weight is 344 g/mol. The second kappa shape index (κ2) is 10.7. The molecule has 23 heavy (non-hydrogen) atoms. The van der Waals surface area contributed by atoms with Gasteiger partial charge in [0.25, 0.3) is 0 Å². The Kier molecular flexibility index (Phi) is 9.35. The van der Waals surface area contributed by atoms with Gasteiger partial charge in [-0.05, 0) is 36.8 Å². The Morgan fingerprint density at radius 3 is 2.13 bits per heavy atom. The van der Waals surface area contributed by atoms with Crippen LogP contribution in [0.3, 0.4) is 0 Å². The van der Waals surface area contributed by atoms with Crippen molar-refractivity contribution in [2.75, 3.05) is 42.7 Å². The van der Waals surface area contributed by atoms with Crippen molar-refractivity contribution in [2.24, 2.45) is 0 Å². The maximum absolute atomic E-state index is 9.57. The SMILES string of the molecule is CCSc1cc(N(CCC(O)CO)CCC(O)CO)ccc1N. The third kappa shape index (κ3) is 6.97. The van der Waals surface area contributed by atoms with E-state index < -0.39 is 12.2 Å². The highest BCUT2D eigenvalue weighted by atomic mass is 32.2. The van der Waals surface area contributed by atoms with E-state index in [4.69, 9.17) is 15.9 Å². The molecule has 0 amide bonds. The molecule has 6 N–H and O–H groups in total. The molecule has 0 spiro atoms. The van der Waals surface area contributed by atoms with E-state index in [2.05, 4.69) is 6.92 Å². The molecule has 0 saturated carbocycles. The molecule has 0 aliphatic heterocycles. The third-order valence-electron chi connectivity index (χ3n) is 3.55. The predicted octanol–water partition coefficient (Wildman–Crippen LogP) is 0.674. The van der Waals surface area contributed by atoms with E-state index in [1.54, 1.807) is 11.8 Å². The summed E-state index contributed by atoms with van der Waals surface area (Å²) in [6.07, 6.45) is -0.685. The summed E-state index contributed by atoms with van der Waals surface area (Å²) >= 11 is 1.66. The largest absolute Gasteiger partial charge is 0.398 e. The van der Waals surface area contributed by atoms with Crippen LogP contribution in [0, 0.1) is 0 Å². The number of thioether (sulfide) groups is 1. The molecule has 0 radical (unpaired) electrons. The molecule has 2 atom stereocenters. The van der Waals surface area contributed by atoms with Crippen molar-refractivity contribution in [1.82, 2.24) is 0 Å². The summed E-state index contributed by atoms with van der Waals surface area (Å²) in [7, 11) is 0. The van der Waals surface area contributed by atoms with Gasteiger partial charge in [0, 0.05) is 29.4 Å². The van der Waals surface area contributed by atoms with Crippen molar-refractivity contribution in [1.29, 1.82) is 0 Å². The zero-order chi connectivity index (χ0) is 17.2. The highest BCUT2D eigenvalue weighted by Gasteiger charge is 2.13. The lowest BCUT2D eigenvalue weighted by atomic mass is 10.2. The fourth-order valence-corrected chi connectivity index (χ4v) is 2.91. The van der Waals surface area contributed by atoms with Gasteiger partial charge in [-0.1, -0.05) is 6.92 Å². The minimum atomic E-state index is -0.765. The van der Waals surface area contributed by atoms with Crippen LogP contribution in [0.15, 0.2) is 23.1 Å². The Labute approximate surface area is 141 Å². The molecular formula is C16H28N2O4S. The molecule has 0 bridgehead atoms. The molecule has 0 heterocycles. The number of rotatable bonds is 11. The number of nitrogen functional groups attached to an aromatic ring is 1. The first kappa shape index (κ1) is 20.1. The molecule has 1 aromatic rings. The lowest BCUT2D eigenvalue weighted by molar-refractivity contribution is 0.0854. The highest BCUT2D eigenvalue weighted by molar-refractivity contribution is 7.99. The van der Waals surface area contributed by atoms with Crippen molar-refractivity contribution in [3.05, 3.63) is 18.2 Å². The number of nitrogens with zero attached hydrogens (tertiary/aromatic N) is 1. The zero-order valence-corrected chi connectivity index (χ0v) is 14.4. The summed E-state index contributed by atoms with van der Waals surface area (Å²) in [4.78, 5) is 3.03. The van der Waals surface area contributed by atoms with Crippen LogP contribution < -0.4 is 10.6 Å². The van der Waals surface area contributed by atoms with Gasteiger partial charge in [-0.3, -0.25) is 0 Å². The normalized spacial score (nSPS) is 13.8. The molecule has 0 aliphatic carbocycles. The molecule has 0 fully saturated rings. The lowest BCUT2D eigenvalue weighted by Crippen LogP contribution is -2.31. The van der Waals surface area contributed by atoms with E-state index in [0.717, 1.165) is 22.0 Å². The smallest absolute Gasteiger partial charge is 0.0787 e. The van der Waals surface area contributed by atoms with Crippen molar-refractivity contribution >= 4 is 23.1 Å². The van der Waals surface area contributed by atoms with Crippen LogP contribution in [0.4, 0.5) is 11.4 Å². The summed E-state index contributed by atoms with van der Waals surface area (Å²) in [5.74, 6) is 0.917. The van der Waals surface area contributed by atoms with E-state index in [0.29, 0.717) is 25.9 Å². The minimum absolute atomic E-state index is 0.272. The number of aliphatic hydroxyl groups excluding tert-OH is 4. The first-order valence-electron chi connectivity index (χ1n) is 7.86. The Bertz CT molecular complexity index is 448. The molecule has 1 rings (SSSR count). The van der Waals surface area contributed by atoms with Crippen LogP contribution in [-0.2, 0) is 0 Å². The van der Waals surface area contributed by atoms with Gasteiger partial charge >= 0.3 is 0 Å². The Balaban J connectivity index is 2.86. The Morgan fingerprint density at radius 1 is 1.09 bits per heavy atom. The number of hydrogen-bond donors (Lipinski definition) is 5. The van der Waals surface area contributed by atoms with Crippen molar-refractivity contribution in [3.63, 3.8) is 0 Å². The summed E-state index contributed by atoms with van der Waals surface area (Å²) < 4.78 is 0. The molecule has 6 nitrogen and oxygen atoms in total. The van der Waals surface area contributed by atoms with E-state index in [-0.39, 0.29) is 13.2 Å². The average Bonchev–Trinajstić information content (AvgIpc) is 2.56. The predicted molar refractivity (Wildman–Crippen MR) is 94.9 cm³/mol. The summed E-state index contributed by atoms with van der Waals surface area (Å²) in [5, 5.41) is 37.1. The van der Waals surface area contributed by atoms with Crippen LogP contribution in [0.1, 0.15) is 19.8 Å². The van der Waals surface area contributed by atoms with Crippen LogP contribution in [0.2, 0.25) is 0 Å². The molecule has 132 valence electrons. The first-order valence-corrected chi connectivity index (χ1v) is 8.85. The zero-order valence-electron chi connectivity index (χ0n) is 13.6. The van der Waals surface area contributed by atoms with Gasteiger partial charge < -0.3 is 31.1 Å². The van der Waals surface area contributed by atoms with Gasteiger partial charge in [0.15, 0.2) is 0 Å². The van der Waals surface area contributed by atoms with Crippen LogP contribution >= 0.6 is 11.8 Å². The first-order chi connectivity index (χ1) is 11.0. The Hall–Kier alpha value is -0.990. The fraction of sp³-hybridized carbons (Fsp3) is 0.625. The fourth-order valence-electron chi connectivity index (χ4n) is 2.16. The quantitative estimate of drug-likeness (QED) is 0.296. The van der Waals surface area contributed by atoms with E-state index in [1.807, 2.05) is 23.1 Å². The van der Waals surface area contributed by atoms with Crippen LogP contribution in [0.5, 0.6) is 0 Å². The number of aliphatic hydroxyl groups is 4. The van der Waals surface area contributed by atoms with Crippen LogP contribution in [0.25, 0.3) is 0 Å². The third-order valence-corrected chi connectivity index (χ3v) is 4.50. The van der Waals surface area contributed by atoms with E-state index >= 15 is 0 Å². The number of hydrogen-bond acceptors (Lipinski definition) is 7. The Morgan fingerprint density at radius 2 is 1.65 bits per heavy atom. The maximum Gasteiger partial charge on any atom is 0.0787 e. The molecule has 1 aromatic carbocycles. The number of benzene rings is 1. The molecule has 0 aromatic heterocycles. The van der Waals surface area contributed by atoms with Crippen molar-refractivity contribution in [3.8, 4) is 0 Å². The summed E-state index contributed by atoms with van der Waals surface area (Å²) in [5.41, 5.74) is 7.66. The molecule has 2 unspecified atom stereocenters. The van der Waals surface area contributed by atoms with Crippen molar-refractivity contribution < 1.29 is 20.4 Å². The monoisotopic (exact) mass is 344 g/mol. The van der Waals surface area contributed by atoms with Gasteiger partial charge in [-0.25, -0.2) is 0 Å².